The van der Waals surface area contributed by atoms with E-state index in [2.05, 4.69) is 0 Å². The number of hydrogen-bond acceptors (Lipinski definition) is 1. The molecule has 0 amide bonds. The number of carbonyl (C=O) groups excluding carboxylic acids is 1. The molecule has 0 N–H and O–H groups in total. The molecular weight excluding hydrogens is 114 g/mol. The van der Waals surface area contributed by atoms with Crippen LogP contribution in [-0.4, -0.2) is 17.1 Å². The minimum absolute atomic E-state index is 0.940. The van der Waals surface area contributed by atoms with Crippen molar-refractivity contribution >= 4 is 5.78 Å². The zero-order valence-electron chi connectivity index (χ0n) is 4.66. The topological polar surface area (TPSA) is 17.1 Å². The van der Waals surface area contributed by atoms with Gasteiger partial charge in [0.25, 0.3) is 0 Å². The molecule has 3 heteroatoms. The van der Waals surface area contributed by atoms with Crippen molar-refractivity contribution in [2.24, 2.45) is 0 Å². The van der Waals surface area contributed by atoms with Gasteiger partial charge in [0.1, 0.15) is 0 Å². The van der Waals surface area contributed by atoms with Crippen molar-refractivity contribution in [1.29, 1.82) is 0 Å². The lowest BCUT2D eigenvalue weighted by Crippen LogP contribution is -2.06. The minimum Gasteiger partial charge on any atom is -0.292 e. The molecule has 0 aliphatic heterocycles. The van der Waals surface area contributed by atoms with Gasteiger partial charge >= 0.3 is 0 Å². The highest BCUT2D eigenvalue weighted by atomic mass is 19.2. The third kappa shape index (κ3) is 0.330. The van der Waals surface area contributed by atoms with E-state index in [-0.39, 0.29) is 0 Å². The van der Waals surface area contributed by atoms with Crippen molar-refractivity contribution in [3.8, 4) is 0 Å². The van der Waals surface area contributed by atoms with E-state index in [0.717, 1.165) is 13.8 Å². The first-order valence-electron chi connectivity index (χ1n) is 2.33. The fourth-order valence-electron chi connectivity index (χ4n) is 0.576. The molecule has 1 nitrogen and oxygen atoms in total. The van der Waals surface area contributed by atoms with Crippen molar-refractivity contribution in [2.75, 3.05) is 0 Å². The summed E-state index contributed by atoms with van der Waals surface area (Å²) in [4.78, 5) is 10.1. The van der Waals surface area contributed by atoms with Gasteiger partial charge in [-0.15, -0.1) is 0 Å². The van der Waals surface area contributed by atoms with Crippen LogP contribution in [0.3, 0.4) is 0 Å². The molecule has 1 fully saturated rings. The van der Waals surface area contributed by atoms with Crippen LogP contribution < -0.4 is 0 Å². The van der Waals surface area contributed by atoms with Gasteiger partial charge in [-0.25, -0.2) is 8.78 Å². The zero-order valence-corrected chi connectivity index (χ0v) is 4.66. The van der Waals surface area contributed by atoms with Crippen LogP contribution in [0.4, 0.5) is 8.78 Å². The third-order valence-electron chi connectivity index (χ3n) is 1.67. The van der Waals surface area contributed by atoms with E-state index in [4.69, 9.17) is 0 Å². The predicted molar refractivity (Wildman–Crippen MR) is 24.0 cm³/mol. The molecular formula is C5H6F2O. The lowest BCUT2D eigenvalue weighted by molar-refractivity contribution is -0.115. The lowest BCUT2D eigenvalue weighted by atomic mass is 10.3. The number of carbonyl (C=O) groups is 1. The van der Waals surface area contributed by atoms with Crippen LogP contribution in [0.25, 0.3) is 0 Å². The number of halogens is 2. The molecule has 1 saturated carbocycles. The van der Waals surface area contributed by atoms with Crippen LogP contribution in [-0.2, 0) is 4.79 Å². The van der Waals surface area contributed by atoms with Crippen molar-refractivity contribution in [1.82, 2.24) is 0 Å². The van der Waals surface area contributed by atoms with Gasteiger partial charge in [0.05, 0.1) is 0 Å². The van der Waals surface area contributed by atoms with Crippen LogP contribution in [0.1, 0.15) is 13.8 Å². The van der Waals surface area contributed by atoms with Gasteiger partial charge < -0.3 is 0 Å². The number of Topliss-reactive ketones (excluding diaryl/α,β-unsaturated/α-hetero) is 1. The van der Waals surface area contributed by atoms with Crippen molar-refractivity contribution in [2.45, 2.75) is 25.2 Å². The van der Waals surface area contributed by atoms with Crippen molar-refractivity contribution in [3.05, 3.63) is 0 Å². The Morgan fingerprint density at radius 2 is 1.38 bits per heavy atom. The Hall–Kier alpha value is -0.470. The molecule has 46 valence electrons. The number of hydrogen-bond donors (Lipinski definition) is 0. The lowest BCUT2D eigenvalue weighted by Gasteiger charge is -1.91. The maximum Gasteiger partial charge on any atom is 0.214 e. The highest BCUT2D eigenvalue weighted by Crippen LogP contribution is 2.49. The van der Waals surface area contributed by atoms with E-state index >= 15 is 0 Å². The molecule has 0 aromatic heterocycles. The molecule has 0 saturated heterocycles. The first-order valence-corrected chi connectivity index (χ1v) is 2.33. The second-order valence-corrected chi connectivity index (χ2v) is 2.34. The van der Waals surface area contributed by atoms with E-state index in [1.165, 1.54) is 0 Å². The molecule has 2 atom stereocenters. The maximum atomic E-state index is 12.2. The summed E-state index contributed by atoms with van der Waals surface area (Å²) >= 11 is 0. The minimum atomic E-state index is -2.20. The summed E-state index contributed by atoms with van der Waals surface area (Å²) < 4.78 is 24.5. The van der Waals surface area contributed by atoms with Crippen molar-refractivity contribution < 1.29 is 13.6 Å². The Morgan fingerprint density at radius 1 is 1.25 bits per heavy atom. The van der Waals surface area contributed by atoms with E-state index < -0.39 is 17.1 Å². The fourth-order valence-corrected chi connectivity index (χ4v) is 0.576. The monoisotopic (exact) mass is 120 g/mol. The smallest absolute Gasteiger partial charge is 0.214 e. The normalized spacial score (nSPS) is 54.2. The van der Waals surface area contributed by atoms with Crippen LogP contribution in [0.15, 0.2) is 0 Å². The SMILES string of the molecule is CC1(F)C(=O)C1(C)F. The quantitative estimate of drug-likeness (QED) is 0.466. The Morgan fingerprint density at radius 3 is 1.38 bits per heavy atom. The molecule has 0 spiro atoms. The Labute approximate surface area is 45.7 Å². The molecule has 1 aliphatic carbocycles. The molecule has 1 rings (SSSR count). The highest BCUT2D eigenvalue weighted by molar-refractivity contribution is 6.13. The van der Waals surface area contributed by atoms with Gasteiger partial charge in [-0.05, 0) is 13.8 Å². The molecule has 0 aromatic carbocycles. The first-order chi connectivity index (χ1) is 3.40. The number of ketones is 1. The first kappa shape index (κ1) is 5.66. The Bertz CT molecular complexity index is 133. The second-order valence-electron chi connectivity index (χ2n) is 2.34. The molecule has 0 bridgehead atoms. The summed E-state index contributed by atoms with van der Waals surface area (Å²) in [5.41, 5.74) is -4.40. The van der Waals surface area contributed by atoms with Gasteiger partial charge in [0.2, 0.25) is 17.1 Å². The summed E-state index contributed by atoms with van der Waals surface area (Å²) in [5, 5.41) is 0. The zero-order chi connectivity index (χ0) is 6.58. The summed E-state index contributed by atoms with van der Waals surface area (Å²) in [5.74, 6) is -0.940. The number of alkyl halides is 2. The number of rotatable bonds is 0. The van der Waals surface area contributed by atoms with Gasteiger partial charge in [0.15, 0.2) is 0 Å². The molecule has 1 aliphatic rings. The maximum absolute atomic E-state index is 12.2. The van der Waals surface area contributed by atoms with Crippen LogP contribution in [0.5, 0.6) is 0 Å². The molecule has 0 heterocycles. The van der Waals surface area contributed by atoms with E-state index in [9.17, 15) is 13.6 Å². The largest absolute Gasteiger partial charge is 0.292 e. The van der Waals surface area contributed by atoms with Gasteiger partial charge in [-0.2, -0.15) is 0 Å². The summed E-state index contributed by atoms with van der Waals surface area (Å²) in [7, 11) is 0. The van der Waals surface area contributed by atoms with Crippen molar-refractivity contribution in [3.63, 3.8) is 0 Å². The summed E-state index contributed by atoms with van der Waals surface area (Å²) in [6, 6.07) is 0. The van der Waals surface area contributed by atoms with Gasteiger partial charge in [-0.3, -0.25) is 4.79 Å². The van der Waals surface area contributed by atoms with E-state index in [1.54, 1.807) is 0 Å². The van der Waals surface area contributed by atoms with Crippen LogP contribution >= 0.6 is 0 Å². The van der Waals surface area contributed by atoms with E-state index in [0.29, 0.717) is 0 Å². The summed E-state index contributed by atoms with van der Waals surface area (Å²) in [6.45, 7) is 1.91. The average Bonchev–Trinajstić information content (AvgIpc) is 1.88. The second kappa shape index (κ2) is 0.946. The van der Waals surface area contributed by atoms with Crippen LogP contribution in [0, 0.1) is 0 Å². The highest BCUT2D eigenvalue weighted by Gasteiger charge is 2.75. The standard InChI is InChI=1S/C5H6F2O/c1-4(6)3(8)5(4,2)7/h1-2H3. The Balaban J connectivity index is 2.88. The molecule has 0 radical (unpaired) electrons. The predicted octanol–water partition coefficient (Wildman–Crippen LogP) is 1.03. The molecule has 2 unspecified atom stereocenters. The fraction of sp³-hybridized carbons (Fsp3) is 0.800. The van der Waals surface area contributed by atoms with E-state index in [1.807, 2.05) is 0 Å². The Kier molecular flexibility index (Phi) is 0.670. The molecule has 0 aromatic rings. The van der Waals surface area contributed by atoms with Gasteiger partial charge in [-0.1, -0.05) is 0 Å². The average molecular weight is 120 g/mol. The third-order valence-corrected chi connectivity index (χ3v) is 1.67. The molecule has 8 heavy (non-hydrogen) atoms. The summed E-state index contributed by atoms with van der Waals surface area (Å²) in [6.07, 6.45) is 0. The van der Waals surface area contributed by atoms with Gasteiger partial charge in [0, 0.05) is 0 Å². The van der Waals surface area contributed by atoms with Crippen LogP contribution in [0.2, 0.25) is 0 Å².